The van der Waals surface area contributed by atoms with Gasteiger partial charge in [-0.1, -0.05) is 42.5 Å². The molecule has 0 aliphatic carbocycles. The molecule has 0 fully saturated rings. The molecule has 4 heteroatoms. The van der Waals surface area contributed by atoms with Crippen LogP contribution in [-0.2, 0) is 13.0 Å². The van der Waals surface area contributed by atoms with E-state index in [0.29, 0.717) is 19.4 Å². The number of aryl methyl sites for hydroxylation is 1. The highest BCUT2D eigenvalue weighted by Gasteiger charge is 2.22. The Morgan fingerprint density at radius 3 is 2.09 bits per heavy atom. The molecule has 0 bridgehead atoms. The van der Waals surface area contributed by atoms with Crippen molar-refractivity contribution < 1.29 is 14.9 Å². The lowest BCUT2D eigenvalue weighted by Gasteiger charge is -2.24. The average Bonchev–Trinajstić information content (AvgIpc) is 2.59. The molecule has 2 aromatic carbocycles. The highest BCUT2D eigenvalue weighted by atomic mass is 16.5. The van der Waals surface area contributed by atoms with Gasteiger partial charge in [0.25, 0.3) is 0 Å². The molecule has 0 radical (unpaired) electrons. The minimum Gasteiger partial charge on any atom is -0.489 e. The second kappa shape index (κ2) is 7.94. The number of aliphatic hydroxyl groups excluding tert-OH is 2. The molecule has 118 valence electrons. The van der Waals surface area contributed by atoms with Crippen LogP contribution in [0.2, 0.25) is 0 Å². The molecular formula is C18H23NO3. The predicted octanol–water partition coefficient (Wildman–Crippen LogP) is 1.88. The summed E-state index contributed by atoms with van der Waals surface area (Å²) in [6.07, 6.45) is 1.24. The number of rotatable bonds is 8. The summed E-state index contributed by atoms with van der Waals surface area (Å²) in [5.74, 6) is 0.816. The zero-order valence-corrected chi connectivity index (χ0v) is 12.6. The standard InChI is InChI=1S/C18H23NO3/c19-18(13-20,14-21)11-10-15-6-8-17(9-7-15)22-12-16-4-2-1-3-5-16/h1-9,20-21H,10-14,19H2. The molecule has 2 aromatic rings. The summed E-state index contributed by atoms with van der Waals surface area (Å²) >= 11 is 0. The van der Waals surface area contributed by atoms with Gasteiger partial charge in [-0.2, -0.15) is 0 Å². The number of benzene rings is 2. The first-order valence-corrected chi connectivity index (χ1v) is 7.41. The second-order valence-corrected chi connectivity index (χ2v) is 5.60. The summed E-state index contributed by atoms with van der Waals surface area (Å²) in [4.78, 5) is 0. The lowest BCUT2D eigenvalue weighted by molar-refractivity contribution is 0.115. The molecule has 0 heterocycles. The van der Waals surface area contributed by atoms with Gasteiger partial charge in [0.15, 0.2) is 0 Å². The van der Waals surface area contributed by atoms with Crippen molar-refractivity contribution in [2.45, 2.75) is 25.0 Å². The van der Waals surface area contributed by atoms with E-state index in [1.165, 1.54) is 0 Å². The number of nitrogens with two attached hydrogens (primary N) is 1. The first-order valence-electron chi connectivity index (χ1n) is 7.41. The molecule has 0 saturated heterocycles. The van der Waals surface area contributed by atoms with Crippen molar-refractivity contribution in [3.05, 3.63) is 65.7 Å². The SMILES string of the molecule is NC(CO)(CO)CCc1ccc(OCc2ccccc2)cc1. The van der Waals surface area contributed by atoms with Crippen LogP contribution in [0.4, 0.5) is 0 Å². The first-order chi connectivity index (χ1) is 10.6. The van der Waals surface area contributed by atoms with Gasteiger partial charge in [0.1, 0.15) is 12.4 Å². The Labute approximate surface area is 131 Å². The molecule has 0 unspecified atom stereocenters. The third kappa shape index (κ3) is 4.84. The second-order valence-electron chi connectivity index (χ2n) is 5.60. The van der Waals surface area contributed by atoms with E-state index in [2.05, 4.69) is 0 Å². The van der Waals surface area contributed by atoms with Crippen molar-refractivity contribution in [2.24, 2.45) is 5.73 Å². The van der Waals surface area contributed by atoms with Crippen LogP contribution in [0.1, 0.15) is 17.5 Å². The molecule has 0 aliphatic heterocycles. The lowest BCUT2D eigenvalue weighted by atomic mass is 9.94. The van der Waals surface area contributed by atoms with Crippen molar-refractivity contribution in [3.63, 3.8) is 0 Å². The Morgan fingerprint density at radius 2 is 1.50 bits per heavy atom. The maximum atomic E-state index is 9.18. The van der Waals surface area contributed by atoms with Gasteiger partial charge in [0, 0.05) is 0 Å². The predicted molar refractivity (Wildman–Crippen MR) is 86.6 cm³/mol. The summed E-state index contributed by atoms with van der Waals surface area (Å²) in [6, 6.07) is 17.8. The fourth-order valence-electron chi connectivity index (χ4n) is 2.09. The number of hydrogen-bond acceptors (Lipinski definition) is 4. The number of hydrogen-bond donors (Lipinski definition) is 3. The van der Waals surface area contributed by atoms with Gasteiger partial charge >= 0.3 is 0 Å². The summed E-state index contributed by atoms with van der Waals surface area (Å²) in [5.41, 5.74) is 7.18. The van der Waals surface area contributed by atoms with E-state index < -0.39 is 5.54 Å². The maximum Gasteiger partial charge on any atom is 0.119 e. The van der Waals surface area contributed by atoms with Crippen molar-refractivity contribution >= 4 is 0 Å². The normalized spacial score (nSPS) is 11.4. The number of aliphatic hydroxyl groups is 2. The Balaban J connectivity index is 1.85. The van der Waals surface area contributed by atoms with E-state index in [4.69, 9.17) is 10.5 Å². The molecule has 0 amide bonds. The third-order valence-electron chi connectivity index (χ3n) is 3.71. The van der Waals surface area contributed by atoms with E-state index in [9.17, 15) is 10.2 Å². The molecule has 22 heavy (non-hydrogen) atoms. The van der Waals surface area contributed by atoms with Crippen LogP contribution in [0.3, 0.4) is 0 Å². The fourth-order valence-corrected chi connectivity index (χ4v) is 2.09. The van der Waals surface area contributed by atoms with Crippen molar-refractivity contribution in [1.82, 2.24) is 0 Å². The van der Waals surface area contributed by atoms with Gasteiger partial charge in [-0.05, 0) is 36.1 Å². The minimum absolute atomic E-state index is 0.220. The van der Waals surface area contributed by atoms with Gasteiger partial charge in [-0.15, -0.1) is 0 Å². The molecule has 4 nitrogen and oxygen atoms in total. The Bertz CT molecular complexity index is 550. The molecule has 2 rings (SSSR count). The molecule has 4 N–H and O–H groups in total. The van der Waals surface area contributed by atoms with Gasteiger partial charge < -0.3 is 20.7 Å². The van der Waals surface area contributed by atoms with Gasteiger partial charge in [-0.25, -0.2) is 0 Å². The zero-order valence-electron chi connectivity index (χ0n) is 12.6. The van der Waals surface area contributed by atoms with E-state index in [0.717, 1.165) is 16.9 Å². The van der Waals surface area contributed by atoms with E-state index in [1.54, 1.807) is 0 Å². The average molecular weight is 301 g/mol. The summed E-state index contributed by atoms with van der Waals surface area (Å²) < 4.78 is 5.73. The van der Waals surface area contributed by atoms with Crippen LogP contribution >= 0.6 is 0 Å². The largest absolute Gasteiger partial charge is 0.489 e. The summed E-state index contributed by atoms with van der Waals surface area (Å²) in [7, 11) is 0. The Morgan fingerprint density at radius 1 is 0.864 bits per heavy atom. The topological polar surface area (TPSA) is 75.7 Å². The summed E-state index contributed by atoms with van der Waals surface area (Å²) in [6.45, 7) is 0.102. The highest BCUT2D eigenvalue weighted by Crippen LogP contribution is 2.17. The van der Waals surface area contributed by atoms with Crippen LogP contribution < -0.4 is 10.5 Å². The van der Waals surface area contributed by atoms with Crippen molar-refractivity contribution in [2.75, 3.05) is 13.2 Å². The number of ether oxygens (including phenoxy) is 1. The molecule has 0 saturated carbocycles. The first kappa shape index (κ1) is 16.5. The summed E-state index contributed by atoms with van der Waals surface area (Å²) in [5, 5.41) is 18.4. The molecule has 0 atom stereocenters. The molecule has 0 aliphatic rings. The minimum atomic E-state index is -0.914. The highest BCUT2D eigenvalue weighted by molar-refractivity contribution is 5.28. The van der Waals surface area contributed by atoms with Gasteiger partial charge in [0.05, 0.1) is 18.8 Å². The van der Waals surface area contributed by atoms with Gasteiger partial charge in [-0.3, -0.25) is 0 Å². The maximum absolute atomic E-state index is 9.18. The van der Waals surface area contributed by atoms with Crippen LogP contribution in [0, 0.1) is 0 Å². The molecule has 0 spiro atoms. The quantitative estimate of drug-likeness (QED) is 0.696. The van der Waals surface area contributed by atoms with E-state index in [1.807, 2.05) is 54.6 Å². The van der Waals surface area contributed by atoms with Crippen LogP contribution in [0.15, 0.2) is 54.6 Å². The molecule has 0 aromatic heterocycles. The lowest BCUT2D eigenvalue weighted by Crippen LogP contribution is -2.47. The molecular weight excluding hydrogens is 278 g/mol. The van der Waals surface area contributed by atoms with Crippen LogP contribution in [-0.4, -0.2) is 29.0 Å². The third-order valence-corrected chi connectivity index (χ3v) is 3.71. The monoisotopic (exact) mass is 301 g/mol. The van der Waals surface area contributed by atoms with Crippen molar-refractivity contribution in [3.8, 4) is 5.75 Å². The Hall–Kier alpha value is -1.88. The van der Waals surface area contributed by atoms with Crippen molar-refractivity contribution in [1.29, 1.82) is 0 Å². The van der Waals surface area contributed by atoms with Gasteiger partial charge in [0.2, 0.25) is 0 Å². The smallest absolute Gasteiger partial charge is 0.119 e. The van der Waals surface area contributed by atoms with E-state index >= 15 is 0 Å². The van der Waals surface area contributed by atoms with E-state index in [-0.39, 0.29) is 13.2 Å². The van der Waals surface area contributed by atoms with Crippen LogP contribution in [0.25, 0.3) is 0 Å². The zero-order chi connectivity index (χ0) is 15.8. The fraction of sp³-hybridized carbons (Fsp3) is 0.333. The Kier molecular flexibility index (Phi) is 5.95. The van der Waals surface area contributed by atoms with Crippen LogP contribution in [0.5, 0.6) is 5.75 Å².